The normalized spacial score (nSPS) is 12.7. The first-order valence-electron chi connectivity index (χ1n) is 7.41. The van der Waals surface area contributed by atoms with Crippen molar-refractivity contribution in [3.8, 4) is 11.3 Å². The largest absolute Gasteiger partial charge is 0.345 e. The Morgan fingerprint density at radius 2 is 1.57 bits per heavy atom. The van der Waals surface area contributed by atoms with Crippen LogP contribution in [0.15, 0.2) is 24.3 Å². The standard InChI is InChI=1S/C18H25FN2/c1-17(2,3)11-14-15(12-7-9-13(19)10-8-12)21-16(20-14)18(4,5)6/h7-10H,11H2,1-6H3,(H,20,21). The fourth-order valence-corrected chi connectivity index (χ4v) is 2.27. The molecule has 0 saturated heterocycles. The molecule has 2 aromatic rings. The SMILES string of the molecule is CC(C)(C)Cc1[nH]c(C(C)(C)C)nc1-c1ccc(F)cc1. The van der Waals surface area contributed by atoms with Gasteiger partial charge in [0.05, 0.1) is 5.69 Å². The van der Waals surface area contributed by atoms with Gasteiger partial charge in [0.25, 0.3) is 0 Å². The molecule has 0 saturated carbocycles. The molecule has 0 aliphatic rings. The van der Waals surface area contributed by atoms with Crippen molar-refractivity contribution in [1.29, 1.82) is 0 Å². The van der Waals surface area contributed by atoms with Crippen LogP contribution in [0.25, 0.3) is 11.3 Å². The number of rotatable bonds is 2. The minimum absolute atomic E-state index is 0.0368. The van der Waals surface area contributed by atoms with E-state index in [4.69, 9.17) is 4.98 Å². The van der Waals surface area contributed by atoms with Crippen molar-refractivity contribution in [1.82, 2.24) is 9.97 Å². The van der Waals surface area contributed by atoms with Crippen LogP contribution in [0, 0.1) is 11.2 Å². The number of hydrogen-bond donors (Lipinski definition) is 1. The summed E-state index contributed by atoms with van der Waals surface area (Å²) in [7, 11) is 0. The fraction of sp³-hybridized carbons (Fsp3) is 0.500. The third-order valence-electron chi connectivity index (χ3n) is 3.31. The smallest absolute Gasteiger partial charge is 0.123 e. The van der Waals surface area contributed by atoms with Gasteiger partial charge in [-0.05, 0) is 36.1 Å². The number of halogens is 1. The van der Waals surface area contributed by atoms with Crippen molar-refractivity contribution in [2.75, 3.05) is 0 Å². The number of aromatic nitrogens is 2. The Morgan fingerprint density at radius 3 is 2.05 bits per heavy atom. The fourth-order valence-electron chi connectivity index (χ4n) is 2.27. The number of nitrogens with one attached hydrogen (secondary N) is 1. The third-order valence-corrected chi connectivity index (χ3v) is 3.31. The van der Waals surface area contributed by atoms with Crippen molar-refractivity contribution in [3.05, 3.63) is 41.6 Å². The predicted molar refractivity (Wildman–Crippen MR) is 85.8 cm³/mol. The van der Waals surface area contributed by atoms with Gasteiger partial charge >= 0.3 is 0 Å². The summed E-state index contributed by atoms with van der Waals surface area (Å²) in [6.07, 6.45) is 0.906. The molecule has 0 spiro atoms. The van der Waals surface area contributed by atoms with Crippen LogP contribution in [-0.2, 0) is 11.8 Å². The Hall–Kier alpha value is -1.64. The molecule has 114 valence electrons. The second-order valence-corrected chi connectivity index (χ2v) is 7.91. The maximum Gasteiger partial charge on any atom is 0.123 e. The average molecular weight is 288 g/mol. The van der Waals surface area contributed by atoms with Gasteiger partial charge in [0.1, 0.15) is 11.6 Å². The lowest BCUT2D eigenvalue weighted by Crippen LogP contribution is -2.14. The van der Waals surface area contributed by atoms with E-state index in [1.54, 1.807) is 12.1 Å². The maximum absolute atomic E-state index is 13.1. The summed E-state index contributed by atoms with van der Waals surface area (Å²) in [5.74, 6) is 0.753. The summed E-state index contributed by atoms with van der Waals surface area (Å²) in [5, 5.41) is 0. The lowest BCUT2D eigenvalue weighted by molar-refractivity contribution is 0.406. The van der Waals surface area contributed by atoms with Gasteiger partial charge in [-0.2, -0.15) is 0 Å². The number of hydrogen-bond acceptors (Lipinski definition) is 1. The number of nitrogens with zero attached hydrogens (tertiary/aromatic N) is 1. The van der Waals surface area contributed by atoms with E-state index in [1.165, 1.54) is 12.1 Å². The number of aromatic amines is 1. The van der Waals surface area contributed by atoms with Crippen molar-refractivity contribution in [2.24, 2.45) is 5.41 Å². The maximum atomic E-state index is 13.1. The van der Waals surface area contributed by atoms with Gasteiger partial charge in [0.2, 0.25) is 0 Å². The Balaban J connectivity index is 2.51. The summed E-state index contributed by atoms with van der Waals surface area (Å²) >= 11 is 0. The summed E-state index contributed by atoms with van der Waals surface area (Å²) < 4.78 is 13.1. The van der Waals surface area contributed by atoms with Gasteiger partial charge in [0, 0.05) is 16.7 Å². The van der Waals surface area contributed by atoms with Crippen molar-refractivity contribution in [2.45, 2.75) is 53.4 Å². The zero-order valence-corrected chi connectivity index (χ0v) is 13.8. The van der Waals surface area contributed by atoms with Gasteiger partial charge in [-0.15, -0.1) is 0 Å². The van der Waals surface area contributed by atoms with E-state index >= 15 is 0 Å². The quantitative estimate of drug-likeness (QED) is 0.818. The van der Waals surface area contributed by atoms with E-state index in [0.717, 1.165) is 29.2 Å². The van der Waals surface area contributed by atoms with E-state index in [0.29, 0.717) is 0 Å². The Kier molecular flexibility index (Phi) is 3.96. The van der Waals surface area contributed by atoms with E-state index in [9.17, 15) is 4.39 Å². The molecule has 1 N–H and O–H groups in total. The highest BCUT2D eigenvalue weighted by Crippen LogP contribution is 2.31. The van der Waals surface area contributed by atoms with E-state index < -0.39 is 0 Å². The van der Waals surface area contributed by atoms with Gasteiger partial charge < -0.3 is 4.98 Å². The highest BCUT2D eigenvalue weighted by Gasteiger charge is 2.24. The molecule has 0 amide bonds. The lowest BCUT2D eigenvalue weighted by atomic mass is 9.89. The summed E-state index contributed by atoms with van der Waals surface area (Å²) in [6.45, 7) is 13.0. The average Bonchev–Trinajstić information content (AvgIpc) is 2.71. The molecule has 21 heavy (non-hydrogen) atoms. The predicted octanol–water partition coefficient (Wildman–Crippen LogP) is 5.10. The molecule has 0 unspecified atom stereocenters. The molecule has 0 bridgehead atoms. The minimum Gasteiger partial charge on any atom is -0.345 e. The van der Waals surface area contributed by atoms with Crippen molar-refractivity contribution < 1.29 is 4.39 Å². The van der Waals surface area contributed by atoms with E-state index in [2.05, 4.69) is 46.5 Å². The van der Waals surface area contributed by atoms with E-state index in [1.807, 2.05) is 0 Å². The van der Waals surface area contributed by atoms with Crippen LogP contribution in [0.4, 0.5) is 4.39 Å². The monoisotopic (exact) mass is 288 g/mol. The molecule has 0 aliphatic heterocycles. The topological polar surface area (TPSA) is 28.7 Å². The Bertz CT molecular complexity index is 610. The molecule has 0 fully saturated rings. The molecule has 0 radical (unpaired) electrons. The van der Waals surface area contributed by atoms with Gasteiger partial charge in [-0.3, -0.25) is 0 Å². The van der Waals surface area contributed by atoms with Gasteiger partial charge in [-0.25, -0.2) is 9.37 Å². The van der Waals surface area contributed by atoms with Crippen LogP contribution in [-0.4, -0.2) is 9.97 Å². The molecule has 3 heteroatoms. The van der Waals surface area contributed by atoms with Crippen LogP contribution >= 0.6 is 0 Å². The Morgan fingerprint density at radius 1 is 1.00 bits per heavy atom. The molecular weight excluding hydrogens is 263 g/mol. The summed E-state index contributed by atoms with van der Waals surface area (Å²) in [4.78, 5) is 8.27. The highest BCUT2D eigenvalue weighted by molar-refractivity contribution is 5.62. The van der Waals surface area contributed by atoms with Gasteiger partial charge in [0.15, 0.2) is 0 Å². The van der Waals surface area contributed by atoms with Crippen LogP contribution in [0.1, 0.15) is 53.1 Å². The highest BCUT2D eigenvalue weighted by atomic mass is 19.1. The van der Waals surface area contributed by atoms with Gasteiger partial charge in [-0.1, -0.05) is 41.5 Å². The molecule has 2 rings (SSSR count). The van der Waals surface area contributed by atoms with Crippen molar-refractivity contribution in [3.63, 3.8) is 0 Å². The van der Waals surface area contributed by atoms with Crippen LogP contribution in [0.2, 0.25) is 0 Å². The zero-order chi connectivity index (χ0) is 15.8. The summed E-state index contributed by atoms with van der Waals surface area (Å²) in [6, 6.07) is 6.57. The van der Waals surface area contributed by atoms with Crippen LogP contribution < -0.4 is 0 Å². The molecule has 1 aromatic carbocycles. The second-order valence-electron chi connectivity index (χ2n) is 7.91. The molecule has 0 aliphatic carbocycles. The van der Waals surface area contributed by atoms with Crippen molar-refractivity contribution >= 4 is 0 Å². The Labute approximate surface area is 126 Å². The molecular formula is C18H25FN2. The first-order valence-corrected chi connectivity index (χ1v) is 7.41. The molecule has 1 aromatic heterocycles. The first-order chi connectivity index (χ1) is 9.56. The lowest BCUT2D eigenvalue weighted by Gasteiger charge is -2.18. The minimum atomic E-state index is -0.220. The van der Waals surface area contributed by atoms with Crippen LogP contribution in [0.5, 0.6) is 0 Å². The number of imidazole rings is 1. The van der Waals surface area contributed by atoms with Crippen LogP contribution in [0.3, 0.4) is 0 Å². The summed E-state index contributed by atoms with van der Waals surface area (Å²) in [5.41, 5.74) is 3.15. The number of H-pyrrole nitrogens is 1. The molecule has 0 atom stereocenters. The first kappa shape index (κ1) is 15.7. The third kappa shape index (κ3) is 3.93. The van der Waals surface area contributed by atoms with E-state index in [-0.39, 0.29) is 16.6 Å². The zero-order valence-electron chi connectivity index (χ0n) is 13.8. The molecule has 1 heterocycles. The number of benzene rings is 1. The molecule has 2 nitrogen and oxygen atoms in total. The second kappa shape index (κ2) is 5.28.